The molecule has 0 heterocycles. The molecule has 0 spiro atoms. The number of benzene rings is 10. The summed E-state index contributed by atoms with van der Waals surface area (Å²) in [5.41, 5.74) is 18.3. The van der Waals surface area contributed by atoms with Crippen molar-refractivity contribution in [3.8, 4) is 55.6 Å². The van der Waals surface area contributed by atoms with Gasteiger partial charge in [0.25, 0.3) is 0 Å². The zero-order valence-corrected chi connectivity index (χ0v) is 33.8. The summed E-state index contributed by atoms with van der Waals surface area (Å²) in [5.74, 6) is 0. The molecule has 1 aliphatic carbocycles. The van der Waals surface area contributed by atoms with Crippen LogP contribution in [-0.4, -0.2) is 0 Å². The minimum atomic E-state index is -0.188. The van der Waals surface area contributed by atoms with E-state index >= 15 is 0 Å². The predicted octanol–water partition coefficient (Wildman–Crippen LogP) is 16.4. The minimum absolute atomic E-state index is 0.188. The number of hydrogen-bond donors (Lipinski definition) is 0. The third kappa shape index (κ3) is 6.27. The SMILES string of the molecule is CC1(C)c2cc(-c3ccc(-c4ccccc4)cc3)ccc2-c2ccc(N(c3ccc(-c4ccc5ccccc5c4)cc3)c3ccc(-c4ccc5ccccc5c4)cc3)cc21. The van der Waals surface area contributed by atoms with Gasteiger partial charge in [-0.15, -0.1) is 0 Å². The molecule has 10 aromatic rings. The minimum Gasteiger partial charge on any atom is -0.310 e. The lowest BCUT2D eigenvalue weighted by Crippen LogP contribution is -2.16. The lowest BCUT2D eigenvalue weighted by Gasteiger charge is -2.28. The van der Waals surface area contributed by atoms with Gasteiger partial charge in [0, 0.05) is 22.5 Å². The molecule has 0 aromatic heterocycles. The topological polar surface area (TPSA) is 3.24 Å². The molecule has 0 fully saturated rings. The van der Waals surface area contributed by atoms with Crippen molar-refractivity contribution in [3.05, 3.63) is 236 Å². The van der Waals surface area contributed by atoms with Crippen LogP contribution < -0.4 is 4.90 Å². The number of rotatable bonds is 7. The summed E-state index contributed by atoms with van der Waals surface area (Å²) in [6.45, 7) is 4.76. The first kappa shape index (κ1) is 35.7. The molecule has 0 radical (unpaired) electrons. The van der Waals surface area contributed by atoms with Crippen molar-refractivity contribution in [1.29, 1.82) is 0 Å². The van der Waals surface area contributed by atoms with E-state index in [1.807, 2.05) is 0 Å². The van der Waals surface area contributed by atoms with Gasteiger partial charge in [-0.2, -0.15) is 0 Å². The van der Waals surface area contributed by atoms with Crippen LogP contribution in [-0.2, 0) is 5.41 Å². The lowest BCUT2D eigenvalue weighted by molar-refractivity contribution is 0.660. The number of hydrogen-bond acceptors (Lipinski definition) is 1. The van der Waals surface area contributed by atoms with E-state index in [-0.39, 0.29) is 5.41 Å². The molecule has 10 aromatic carbocycles. The van der Waals surface area contributed by atoms with Gasteiger partial charge in [-0.05, 0) is 143 Å². The molecule has 1 nitrogen and oxygen atoms in total. The molecule has 11 rings (SSSR count). The second-order valence-corrected chi connectivity index (χ2v) is 16.6. The molecule has 0 aliphatic heterocycles. The molecule has 60 heavy (non-hydrogen) atoms. The highest BCUT2D eigenvalue weighted by Crippen LogP contribution is 2.52. The Morgan fingerprint density at radius 2 is 0.617 bits per heavy atom. The predicted molar refractivity (Wildman–Crippen MR) is 255 cm³/mol. The van der Waals surface area contributed by atoms with Crippen LogP contribution in [0.25, 0.3) is 77.2 Å². The Balaban J connectivity index is 0.964. The first-order valence-electron chi connectivity index (χ1n) is 20.9. The molecule has 1 aliphatic rings. The quantitative estimate of drug-likeness (QED) is 0.156. The summed E-state index contributed by atoms with van der Waals surface area (Å²) in [4.78, 5) is 2.41. The van der Waals surface area contributed by atoms with Crippen LogP contribution in [0.15, 0.2) is 224 Å². The van der Waals surface area contributed by atoms with Gasteiger partial charge >= 0.3 is 0 Å². The maximum Gasteiger partial charge on any atom is 0.0465 e. The summed E-state index contributed by atoms with van der Waals surface area (Å²) in [6.07, 6.45) is 0. The molecule has 0 amide bonds. The fourth-order valence-electron chi connectivity index (χ4n) is 9.32. The normalized spacial score (nSPS) is 12.6. The zero-order valence-electron chi connectivity index (χ0n) is 33.8. The van der Waals surface area contributed by atoms with Gasteiger partial charge < -0.3 is 4.90 Å². The maximum atomic E-state index is 2.43. The molecule has 0 unspecified atom stereocenters. The Kier molecular flexibility index (Phi) is 8.57. The van der Waals surface area contributed by atoms with E-state index < -0.39 is 0 Å². The number of nitrogens with zero attached hydrogens (tertiary/aromatic N) is 1. The van der Waals surface area contributed by atoms with Crippen LogP contribution >= 0.6 is 0 Å². The summed E-state index contributed by atoms with van der Waals surface area (Å²) < 4.78 is 0. The van der Waals surface area contributed by atoms with Crippen molar-refractivity contribution in [2.75, 3.05) is 4.90 Å². The second kappa shape index (κ2) is 14.4. The van der Waals surface area contributed by atoms with Crippen molar-refractivity contribution >= 4 is 38.6 Å². The van der Waals surface area contributed by atoms with Gasteiger partial charge in [-0.1, -0.05) is 184 Å². The highest BCUT2D eigenvalue weighted by Gasteiger charge is 2.36. The van der Waals surface area contributed by atoms with Gasteiger partial charge in [-0.25, -0.2) is 0 Å². The van der Waals surface area contributed by atoms with Crippen molar-refractivity contribution in [2.45, 2.75) is 19.3 Å². The Labute approximate surface area is 352 Å². The van der Waals surface area contributed by atoms with Gasteiger partial charge in [0.2, 0.25) is 0 Å². The molecule has 0 bridgehead atoms. The van der Waals surface area contributed by atoms with E-state index in [1.165, 1.54) is 88.3 Å². The average molecular weight is 766 g/mol. The Morgan fingerprint density at radius 1 is 0.267 bits per heavy atom. The number of fused-ring (bicyclic) bond motifs is 5. The van der Waals surface area contributed by atoms with Gasteiger partial charge in [0.05, 0.1) is 0 Å². The summed E-state index contributed by atoms with van der Waals surface area (Å²) in [5, 5.41) is 5.02. The van der Waals surface area contributed by atoms with Gasteiger partial charge in [0.15, 0.2) is 0 Å². The van der Waals surface area contributed by atoms with Crippen LogP contribution in [0.2, 0.25) is 0 Å². The molecule has 0 atom stereocenters. The van der Waals surface area contributed by atoms with Crippen LogP contribution in [0, 0.1) is 0 Å². The third-order valence-corrected chi connectivity index (χ3v) is 12.7. The molecule has 1 heteroatoms. The van der Waals surface area contributed by atoms with Crippen LogP contribution in [0.5, 0.6) is 0 Å². The molecule has 284 valence electrons. The highest BCUT2D eigenvalue weighted by atomic mass is 15.1. The fraction of sp³-hybridized carbons (Fsp3) is 0.0508. The first-order valence-corrected chi connectivity index (χ1v) is 20.9. The van der Waals surface area contributed by atoms with Crippen molar-refractivity contribution in [1.82, 2.24) is 0 Å². The van der Waals surface area contributed by atoms with E-state index in [0.717, 1.165) is 17.1 Å². The van der Waals surface area contributed by atoms with Crippen molar-refractivity contribution < 1.29 is 0 Å². The Hall–Kier alpha value is -7.48. The van der Waals surface area contributed by atoms with E-state index in [0.29, 0.717) is 0 Å². The molecular formula is C59H43N. The highest BCUT2D eigenvalue weighted by molar-refractivity contribution is 5.91. The van der Waals surface area contributed by atoms with Crippen LogP contribution in [0.1, 0.15) is 25.0 Å². The fourth-order valence-corrected chi connectivity index (χ4v) is 9.32. The average Bonchev–Trinajstić information content (AvgIpc) is 3.54. The maximum absolute atomic E-state index is 2.43. The van der Waals surface area contributed by atoms with E-state index in [1.54, 1.807) is 0 Å². The molecule has 0 saturated heterocycles. The summed E-state index contributed by atoms with van der Waals surface area (Å²) in [6, 6.07) is 82.4. The smallest absolute Gasteiger partial charge is 0.0465 e. The molecule has 0 N–H and O–H groups in total. The Morgan fingerprint density at radius 3 is 1.15 bits per heavy atom. The largest absolute Gasteiger partial charge is 0.310 e. The number of anilines is 3. The first-order chi connectivity index (χ1) is 29.5. The molecule has 0 saturated carbocycles. The Bertz CT molecular complexity index is 3070. The standard InChI is InChI=1S/C59H43N/c1-59(2)57-38-51(44-18-16-43(17-19-44)40-10-4-3-5-11-40)28-34-55(57)56-35-33-54(39-58(56)59)60(52-29-24-45(25-30-52)49-22-20-41-12-6-8-14-47(41)36-49)53-31-26-46(27-32-53)50-23-21-42-13-7-9-15-48(42)37-50/h3-39H,1-2H3. The summed E-state index contributed by atoms with van der Waals surface area (Å²) in [7, 11) is 0. The summed E-state index contributed by atoms with van der Waals surface area (Å²) >= 11 is 0. The second-order valence-electron chi connectivity index (χ2n) is 16.6. The molecular weight excluding hydrogens is 723 g/mol. The van der Waals surface area contributed by atoms with Crippen molar-refractivity contribution in [2.24, 2.45) is 0 Å². The van der Waals surface area contributed by atoms with Crippen LogP contribution in [0.4, 0.5) is 17.1 Å². The third-order valence-electron chi connectivity index (χ3n) is 12.7. The van der Waals surface area contributed by atoms with E-state index in [2.05, 4.69) is 243 Å². The van der Waals surface area contributed by atoms with E-state index in [9.17, 15) is 0 Å². The zero-order chi connectivity index (χ0) is 40.2. The monoisotopic (exact) mass is 765 g/mol. The van der Waals surface area contributed by atoms with Gasteiger partial charge in [-0.3, -0.25) is 0 Å². The van der Waals surface area contributed by atoms with Crippen LogP contribution in [0.3, 0.4) is 0 Å². The lowest BCUT2D eigenvalue weighted by atomic mass is 9.81. The van der Waals surface area contributed by atoms with Crippen molar-refractivity contribution in [3.63, 3.8) is 0 Å². The van der Waals surface area contributed by atoms with Gasteiger partial charge in [0.1, 0.15) is 0 Å². The van der Waals surface area contributed by atoms with E-state index in [4.69, 9.17) is 0 Å².